The molecule has 0 bridgehead atoms. The van der Waals surface area contributed by atoms with Gasteiger partial charge in [0.1, 0.15) is 11.3 Å². The van der Waals surface area contributed by atoms with Gasteiger partial charge < -0.3 is 19.6 Å². The molecule has 0 unspecified atom stereocenters. The van der Waals surface area contributed by atoms with Crippen LogP contribution < -0.4 is 15.6 Å². The van der Waals surface area contributed by atoms with Gasteiger partial charge in [-0.3, -0.25) is 9.78 Å². The second-order valence-corrected chi connectivity index (χ2v) is 7.71. The lowest BCUT2D eigenvalue weighted by Crippen LogP contribution is -2.22. The van der Waals surface area contributed by atoms with Gasteiger partial charge >= 0.3 is 6.36 Å². The number of halogens is 3. The summed E-state index contributed by atoms with van der Waals surface area (Å²) in [7, 11) is 0. The van der Waals surface area contributed by atoms with Gasteiger partial charge in [-0.2, -0.15) is 0 Å². The maximum atomic E-state index is 13.2. The molecule has 0 saturated carbocycles. The third kappa shape index (κ3) is 5.67. The van der Waals surface area contributed by atoms with Crippen LogP contribution in [0.1, 0.15) is 27.2 Å². The Bertz CT molecular complexity index is 1440. The number of amides is 1. The van der Waals surface area contributed by atoms with Crippen molar-refractivity contribution in [2.24, 2.45) is 4.99 Å². The van der Waals surface area contributed by atoms with Crippen LogP contribution in [0.15, 0.2) is 70.2 Å². The number of carbonyl (C=O) groups excluding carboxylic acids is 1. The van der Waals surface area contributed by atoms with Crippen molar-refractivity contribution in [3.63, 3.8) is 0 Å². The minimum Gasteiger partial charge on any atom is -0.436 e. The zero-order chi connectivity index (χ0) is 25.2. The molecule has 0 aliphatic carbocycles. The van der Waals surface area contributed by atoms with Crippen molar-refractivity contribution in [3.05, 3.63) is 88.7 Å². The van der Waals surface area contributed by atoms with Gasteiger partial charge in [0.05, 0.1) is 18.0 Å². The largest absolute Gasteiger partial charge is 0.573 e. The molecule has 0 aliphatic rings. The summed E-state index contributed by atoms with van der Waals surface area (Å²) in [5.74, 6) is -0.925. The molecule has 2 N–H and O–H groups in total. The highest BCUT2D eigenvalue weighted by molar-refractivity contribution is 6.05. The number of aryl methyl sites for hydroxylation is 2. The summed E-state index contributed by atoms with van der Waals surface area (Å²) in [4.78, 5) is 21.7. The molecule has 2 heterocycles. The van der Waals surface area contributed by atoms with Crippen molar-refractivity contribution in [2.45, 2.75) is 26.8 Å². The fourth-order valence-electron chi connectivity index (χ4n) is 3.34. The molecule has 4 aromatic rings. The lowest BCUT2D eigenvalue weighted by Gasteiger charge is -2.10. The monoisotopic (exact) mass is 483 g/mol. The molecule has 2 aromatic carbocycles. The molecule has 0 fully saturated rings. The van der Waals surface area contributed by atoms with Crippen molar-refractivity contribution >= 4 is 28.3 Å². The predicted octanol–water partition coefficient (Wildman–Crippen LogP) is 5.32. The zero-order valence-corrected chi connectivity index (χ0v) is 18.7. The molecule has 7 nitrogen and oxygen atoms in total. The molecule has 1 amide bonds. The van der Waals surface area contributed by atoms with E-state index >= 15 is 0 Å². The van der Waals surface area contributed by atoms with Crippen LogP contribution in [0.25, 0.3) is 11.0 Å². The van der Waals surface area contributed by atoms with E-state index in [0.29, 0.717) is 27.9 Å². The molecular weight excluding hydrogens is 463 g/mol. The van der Waals surface area contributed by atoms with Gasteiger partial charge in [-0.05, 0) is 56.3 Å². The molecule has 35 heavy (non-hydrogen) atoms. The number of aliphatic hydroxyl groups excluding tert-OH is 1. The molecule has 2 aromatic heterocycles. The number of hydrogen-bond donors (Lipinski definition) is 2. The fourth-order valence-corrected chi connectivity index (χ4v) is 3.34. The molecule has 0 spiro atoms. The Morgan fingerprint density at radius 3 is 2.43 bits per heavy atom. The van der Waals surface area contributed by atoms with Crippen molar-refractivity contribution < 1.29 is 32.2 Å². The molecule has 0 saturated heterocycles. The minimum atomic E-state index is -4.82. The van der Waals surface area contributed by atoms with Crippen LogP contribution in [0.4, 0.5) is 24.5 Å². The van der Waals surface area contributed by atoms with Gasteiger partial charge in [0, 0.05) is 22.8 Å². The van der Waals surface area contributed by atoms with E-state index in [1.807, 2.05) is 19.1 Å². The second kappa shape index (κ2) is 9.59. The SMILES string of the molecule is Cc1ccc(NC(=O)c2cc3c(CO)cnc(C)c3oc2=Nc2ccc(OC(F)(F)F)cc2)cc1. The second-order valence-electron chi connectivity index (χ2n) is 7.71. The molecule has 0 atom stereocenters. The average molecular weight is 483 g/mol. The summed E-state index contributed by atoms with van der Waals surface area (Å²) in [5.41, 5.74) is 3.07. The van der Waals surface area contributed by atoms with Gasteiger partial charge in [-0.15, -0.1) is 13.2 Å². The Balaban J connectivity index is 1.83. The summed E-state index contributed by atoms with van der Waals surface area (Å²) >= 11 is 0. The van der Waals surface area contributed by atoms with E-state index in [1.165, 1.54) is 18.3 Å². The summed E-state index contributed by atoms with van der Waals surface area (Å²) in [6.07, 6.45) is -3.33. The number of benzene rings is 2. The van der Waals surface area contributed by atoms with E-state index in [9.17, 15) is 23.1 Å². The van der Waals surface area contributed by atoms with Crippen molar-refractivity contribution in [2.75, 3.05) is 5.32 Å². The summed E-state index contributed by atoms with van der Waals surface area (Å²) < 4.78 is 47.2. The third-order valence-corrected chi connectivity index (χ3v) is 5.08. The zero-order valence-electron chi connectivity index (χ0n) is 18.7. The maximum absolute atomic E-state index is 13.2. The number of aromatic nitrogens is 1. The highest BCUT2D eigenvalue weighted by atomic mass is 19.4. The molecular formula is C25H20F3N3O4. The Kier molecular flexibility index (Phi) is 6.57. The number of rotatable bonds is 5. The number of hydrogen-bond acceptors (Lipinski definition) is 6. The molecule has 4 rings (SSSR count). The lowest BCUT2D eigenvalue weighted by molar-refractivity contribution is -0.274. The number of alkyl halides is 3. The number of aliphatic hydroxyl groups is 1. The van der Waals surface area contributed by atoms with E-state index in [-0.39, 0.29) is 23.4 Å². The summed E-state index contributed by atoms with van der Waals surface area (Å²) in [6, 6.07) is 13.5. The van der Waals surface area contributed by atoms with Crippen molar-refractivity contribution in [3.8, 4) is 5.75 Å². The summed E-state index contributed by atoms with van der Waals surface area (Å²) in [6.45, 7) is 3.30. The highest BCUT2D eigenvalue weighted by Gasteiger charge is 2.31. The first-order valence-corrected chi connectivity index (χ1v) is 10.4. The molecule has 0 radical (unpaired) electrons. The van der Waals surface area contributed by atoms with Crippen LogP contribution in [0.3, 0.4) is 0 Å². The number of fused-ring (bicyclic) bond motifs is 1. The Morgan fingerprint density at radius 2 is 1.80 bits per heavy atom. The van der Waals surface area contributed by atoms with E-state index in [0.717, 1.165) is 17.7 Å². The van der Waals surface area contributed by atoms with Gasteiger partial charge in [-0.1, -0.05) is 17.7 Å². The van der Waals surface area contributed by atoms with Gasteiger partial charge in [0.25, 0.3) is 5.91 Å². The number of nitrogens with one attached hydrogen (secondary N) is 1. The van der Waals surface area contributed by atoms with Crippen LogP contribution >= 0.6 is 0 Å². The lowest BCUT2D eigenvalue weighted by atomic mass is 10.1. The van der Waals surface area contributed by atoms with Gasteiger partial charge in [-0.25, -0.2) is 4.99 Å². The van der Waals surface area contributed by atoms with Crippen molar-refractivity contribution in [1.82, 2.24) is 4.98 Å². The van der Waals surface area contributed by atoms with Gasteiger partial charge in [0.15, 0.2) is 5.58 Å². The Hall–Kier alpha value is -4.18. The molecule has 10 heteroatoms. The minimum absolute atomic E-state index is 0.0639. The van der Waals surface area contributed by atoms with E-state index < -0.39 is 18.0 Å². The van der Waals surface area contributed by atoms with Crippen LogP contribution in [0, 0.1) is 13.8 Å². The van der Waals surface area contributed by atoms with Crippen LogP contribution in [0.5, 0.6) is 5.75 Å². The van der Waals surface area contributed by atoms with Gasteiger partial charge in [0.2, 0.25) is 5.55 Å². The quantitative estimate of drug-likeness (QED) is 0.401. The van der Waals surface area contributed by atoms with Crippen LogP contribution in [-0.4, -0.2) is 22.4 Å². The van der Waals surface area contributed by atoms with E-state index in [1.54, 1.807) is 25.1 Å². The smallest absolute Gasteiger partial charge is 0.436 e. The number of pyridine rings is 1. The van der Waals surface area contributed by atoms with E-state index in [2.05, 4.69) is 20.0 Å². The first-order valence-electron chi connectivity index (χ1n) is 10.4. The third-order valence-electron chi connectivity index (χ3n) is 5.08. The first-order chi connectivity index (χ1) is 16.6. The predicted molar refractivity (Wildman–Crippen MR) is 122 cm³/mol. The fraction of sp³-hybridized carbons (Fsp3) is 0.160. The number of nitrogens with zero attached hydrogens (tertiary/aromatic N) is 2. The van der Waals surface area contributed by atoms with Crippen molar-refractivity contribution in [1.29, 1.82) is 0 Å². The summed E-state index contributed by atoms with van der Waals surface area (Å²) in [5, 5.41) is 13.0. The first kappa shape index (κ1) is 24.0. The highest BCUT2D eigenvalue weighted by Crippen LogP contribution is 2.26. The number of anilines is 1. The average Bonchev–Trinajstić information content (AvgIpc) is 2.81. The Morgan fingerprint density at radius 1 is 1.11 bits per heavy atom. The van der Waals surface area contributed by atoms with Crippen LogP contribution in [0.2, 0.25) is 0 Å². The van der Waals surface area contributed by atoms with E-state index in [4.69, 9.17) is 4.42 Å². The van der Waals surface area contributed by atoms with Crippen LogP contribution in [-0.2, 0) is 6.61 Å². The standard InChI is InChI=1S/C25H20F3N3O4/c1-14-3-5-17(6-4-14)30-23(33)21-11-20-16(13-32)12-29-15(2)22(20)34-24(21)31-18-7-9-19(10-8-18)35-25(26,27)28/h3-12,32H,13H2,1-2H3,(H,30,33). The molecule has 0 aliphatic heterocycles. The number of ether oxygens (including phenoxy) is 1. The Labute approximate surface area is 197 Å². The normalized spacial score (nSPS) is 12.1. The number of carbonyl (C=O) groups is 1. The molecule has 180 valence electrons. The maximum Gasteiger partial charge on any atom is 0.573 e. The topological polar surface area (TPSA) is 97.0 Å².